The summed E-state index contributed by atoms with van der Waals surface area (Å²) in [6.45, 7) is 0.375. The Kier molecular flexibility index (Phi) is 3.32. The quantitative estimate of drug-likeness (QED) is 0.655. The van der Waals surface area contributed by atoms with Crippen LogP contribution in [-0.2, 0) is 9.84 Å². The molecule has 1 aliphatic heterocycles. The molecule has 0 aromatic heterocycles. The van der Waals surface area contributed by atoms with E-state index in [1.807, 2.05) is 0 Å². The highest BCUT2D eigenvalue weighted by molar-refractivity contribution is 7.91. The van der Waals surface area contributed by atoms with Crippen molar-refractivity contribution in [2.24, 2.45) is 11.1 Å². The van der Waals surface area contributed by atoms with Crippen molar-refractivity contribution in [3.8, 4) is 0 Å². The van der Waals surface area contributed by atoms with E-state index in [4.69, 9.17) is 5.73 Å². The van der Waals surface area contributed by atoms with Crippen LogP contribution in [0.3, 0.4) is 0 Å². The Hall–Kier alpha value is -0.130. The van der Waals surface area contributed by atoms with Crippen LogP contribution in [0.5, 0.6) is 0 Å². The van der Waals surface area contributed by atoms with Crippen molar-refractivity contribution in [2.75, 3.05) is 24.7 Å². The lowest BCUT2D eigenvalue weighted by atomic mass is 9.82. The maximum Gasteiger partial charge on any atom is 0.150 e. The lowest BCUT2D eigenvalue weighted by Crippen LogP contribution is -2.40. The van der Waals surface area contributed by atoms with Crippen molar-refractivity contribution in [3.05, 3.63) is 0 Å². The zero-order chi connectivity index (χ0) is 9.95. The summed E-state index contributed by atoms with van der Waals surface area (Å²) < 4.78 is 22.7. The van der Waals surface area contributed by atoms with Crippen LogP contribution >= 0.6 is 0 Å². The normalized spacial score (nSPS) is 33.1. The SMILES string of the molecule is NCCC1(CO)CCCS(=O)(=O)C1. The van der Waals surface area contributed by atoms with E-state index in [1.165, 1.54) is 0 Å². The fourth-order valence-electron chi connectivity index (χ4n) is 1.99. The van der Waals surface area contributed by atoms with Crippen molar-refractivity contribution < 1.29 is 13.5 Å². The van der Waals surface area contributed by atoms with Gasteiger partial charge >= 0.3 is 0 Å². The predicted octanol–water partition coefficient (Wildman–Crippen LogP) is -0.478. The first-order valence-corrected chi connectivity index (χ1v) is 6.37. The van der Waals surface area contributed by atoms with E-state index >= 15 is 0 Å². The zero-order valence-corrected chi connectivity index (χ0v) is 8.52. The summed E-state index contributed by atoms with van der Waals surface area (Å²) in [5.74, 6) is 0.368. The monoisotopic (exact) mass is 207 g/mol. The van der Waals surface area contributed by atoms with Crippen LogP contribution in [0.2, 0.25) is 0 Å². The average molecular weight is 207 g/mol. The number of nitrogens with two attached hydrogens (primary N) is 1. The molecule has 1 fully saturated rings. The fraction of sp³-hybridized carbons (Fsp3) is 1.00. The zero-order valence-electron chi connectivity index (χ0n) is 7.70. The Balaban J connectivity index is 2.76. The van der Waals surface area contributed by atoms with Gasteiger partial charge in [-0.3, -0.25) is 0 Å². The first-order chi connectivity index (χ1) is 6.04. The molecule has 3 N–H and O–H groups in total. The third-order valence-electron chi connectivity index (χ3n) is 2.70. The number of aliphatic hydroxyl groups is 1. The summed E-state index contributed by atoms with van der Waals surface area (Å²) in [4.78, 5) is 0. The first-order valence-electron chi connectivity index (χ1n) is 4.55. The number of hydrogen-bond donors (Lipinski definition) is 2. The van der Waals surface area contributed by atoms with Gasteiger partial charge in [0.05, 0.1) is 11.5 Å². The summed E-state index contributed by atoms with van der Waals surface area (Å²) in [5, 5.41) is 9.18. The standard InChI is InChI=1S/C8H17NO3S/c9-4-3-8(6-10)2-1-5-13(11,12)7-8/h10H,1-7,9H2. The second kappa shape index (κ2) is 3.94. The molecule has 0 amide bonds. The van der Waals surface area contributed by atoms with E-state index in [0.29, 0.717) is 19.4 Å². The number of aliphatic hydroxyl groups excluding tert-OH is 1. The van der Waals surface area contributed by atoms with Crippen molar-refractivity contribution in [2.45, 2.75) is 19.3 Å². The van der Waals surface area contributed by atoms with Crippen LogP contribution in [0, 0.1) is 5.41 Å². The minimum absolute atomic E-state index is 0.0660. The van der Waals surface area contributed by atoms with Gasteiger partial charge in [0.1, 0.15) is 0 Å². The van der Waals surface area contributed by atoms with Crippen LogP contribution in [0.15, 0.2) is 0 Å². The van der Waals surface area contributed by atoms with E-state index in [2.05, 4.69) is 0 Å². The first kappa shape index (κ1) is 10.9. The molecule has 1 unspecified atom stereocenters. The lowest BCUT2D eigenvalue weighted by molar-refractivity contribution is 0.123. The average Bonchev–Trinajstić information content (AvgIpc) is 2.03. The molecule has 13 heavy (non-hydrogen) atoms. The molecule has 4 nitrogen and oxygen atoms in total. The topological polar surface area (TPSA) is 80.4 Å². The third-order valence-corrected chi connectivity index (χ3v) is 4.66. The molecule has 78 valence electrons. The van der Waals surface area contributed by atoms with E-state index in [-0.39, 0.29) is 18.1 Å². The van der Waals surface area contributed by atoms with Crippen LogP contribution < -0.4 is 5.73 Å². The highest BCUT2D eigenvalue weighted by Crippen LogP contribution is 2.33. The van der Waals surface area contributed by atoms with Gasteiger partial charge in [-0.25, -0.2) is 8.42 Å². The van der Waals surface area contributed by atoms with E-state index in [9.17, 15) is 13.5 Å². The van der Waals surface area contributed by atoms with Crippen LogP contribution in [0.1, 0.15) is 19.3 Å². The maximum absolute atomic E-state index is 11.3. The van der Waals surface area contributed by atoms with Crippen molar-refractivity contribution >= 4 is 9.84 Å². The van der Waals surface area contributed by atoms with Gasteiger partial charge in [-0.15, -0.1) is 0 Å². The molecule has 1 heterocycles. The van der Waals surface area contributed by atoms with E-state index < -0.39 is 15.3 Å². The molecule has 1 atom stereocenters. The molecular formula is C8H17NO3S. The summed E-state index contributed by atoms with van der Waals surface area (Å²) in [7, 11) is -2.94. The summed E-state index contributed by atoms with van der Waals surface area (Å²) in [6, 6.07) is 0. The Morgan fingerprint density at radius 1 is 1.46 bits per heavy atom. The largest absolute Gasteiger partial charge is 0.396 e. The number of rotatable bonds is 3. The van der Waals surface area contributed by atoms with Gasteiger partial charge in [-0.05, 0) is 25.8 Å². The van der Waals surface area contributed by atoms with Crippen molar-refractivity contribution in [1.29, 1.82) is 0 Å². The molecule has 0 spiro atoms. The van der Waals surface area contributed by atoms with Gasteiger partial charge in [0.15, 0.2) is 9.84 Å². The van der Waals surface area contributed by atoms with Gasteiger partial charge in [0.2, 0.25) is 0 Å². The predicted molar refractivity (Wildman–Crippen MR) is 51.1 cm³/mol. The smallest absolute Gasteiger partial charge is 0.150 e. The van der Waals surface area contributed by atoms with Crippen molar-refractivity contribution in [1.82, 2.24) is 0 Å². The molecule has 1 aliphatic rings. The number of sulfone groups is 1. The molecule has 0 aliphatic carbocycles. The van der Waals surface area contributed by atoms with Gasteiger partial charge in [-0.2, -0.15) is 0 Å². The fourth-order valence-corrected chi connectivity index (χ4v) is 4.03. The maximum atomic E-state index is 11.3. The van der Waals surface area contributed by atoms with Gasteiger partial charge in [0, 0.05) is 12.0 Å². The highest BCUT2D eigenvalue weighted by atomic mass is 32.2. The molecule has 1 rings (SSSR count). The van der Waals surface area contributed by atoms with Crippen LogP contribution in [0.4, 0.5) is 0 Å². The molecule has 0 saturated carbocycles. The van der Waals surface area contributed by atoms with Gasteiger partial charge in [0.25, 0.3) is 0 Å². The van der Waals surface area contributed by atoms with E-state index in [1.54, 1.807) is 0 Å². The van der Waals surface area contributed by atoms with Crippen LogP contribution in [0.25, 0.3) is 0 Å². The Bertz CT molecular complexity index is 259. The minimum atomic E-state index is -2.94. The summed E-state index contributed by atoms with van der Waals surface area (Å²) in [6.07, 6.45) is 2.03. The summed E-state index contributed by atoms with van der Waals surface area (Å²) in [5.41, 5.74) is 4.95. The molecule has 5 heteroatoms. The summed E-state index contributed by atoms with van der Waals surface area (Å²) >= 11 is 0. The van der Waals surface area contributed by atoms with Crippen molar-refractivity contribution in [3.63, 3.8) is 0 Å². The molecular weight excluding hydrogens is 190 g/mol. The van der Waals surface area contributed by atoms with Gasteiger partial charge < -0.3 is 10.8 Å². The number of hydrogen-bond acceptors (Lipinski definition) is 4. The second-order valence-electron chi connectivity index (χ2n) is 3.89. The Labute approximate surface area is 79.0 Å². The molecule has 0 bridgehead atoms. The second-order valence-corrected chi connectivity index (χ2v) is 6.08. The molecule has 1 saturated heterocycles. The Morgan fingerprint density at radius 3 is 2.62 bits per heavy atom. The molecule has 0 aromatic rings. The molecule has 0 radical (unpaired) electrons. The van der Waals surface area contributed by atoms with E-state index in [0.717, 1.165) is 6.42 Å². The third kappa shape index (κ3) is 2.65. The minimum Gasteiger partial charge on any atom is -0.396 e. The van der Waals surface area contributed by atoms with Gasteiger partial charge in [-0.1, -0.05) is 0 Å². The highest BCUT2D eigenvalue weighted by Gasteiger charge is 2.37. The lowest BCUT2D eigenvalue weighted by Gasteiger charge is -2.34. The molecule has 0 aromatic carbocycles. The van der Waals surface area contributed by atoms with Crippen LogP contribution in [-0.4, -0.2) is 38.2 Å². The Morgan fingerprint density at radius 2 is 2.15 bits per heavy atom.